The number of aromatic nitrogens is 2. The molecule has 0 unspecified atom stereocenters. The largest absolute Gasteiger partial charge is 0.467 e. The van der Waals surface area contributed by atoms with Crippen LogP contribution in [0.1, 0.15) is 56.3 Å². The fourth-order valence-electron chi connectivity index (χ4n) is 3.39. The van der Waals surface area contributed by atoms with E-state index in [1.54, 1.807) is 6.26 Å². The van der Waals surface area contributed by atoms with Gasteiger partial charge in [0, 0.05) is 19.2 Å². The fourth-order valence-corrected chi connectivity index (χ4v) is 3.39. The van der Waals surface area contributed by atoms with E-state index in [0.717, 1.165) is 24.3 Å². The predicted molar refractivity (Wildman–Crippen MR) is 92.3 cm³/mol. The molecule has 0 radical (unpaired) electrons. The molecule has 1 aliphatic rings. The first-order valence-corrected chi connectivity index (χ1v) is 8.67. The zero-order chi connectivity index (χ0) is 17.3. The van der Waals surface area contributed by atoms with Crippen molar-refractivity contribution >= 4 is 5.91 Å². The van der Waals surface area contributed by atoms with E-state index in [4.69, 9.17) is 4.42 Å². The van der Waals surface area contributed by atoms with Crippen molar-refractivity contribution in [3.05, 3.63) is 41.1 Å². The molecule has 24 heavy (non-hydrogen) atoms. The van der Waals surface area contributed by atoms with Gasteiger partial charge in [0.2, 0.25) is 5.91 Å². The molecule has 0 bridgehead atoms. The number of hydrogen-bond donors (Lipinski definition) is 0. The highest BCUT2D eigenvalue weighted by Crippen LogP contribution is 2.27. The number of hydrogen-bond acceptors (Lipinski definition) is 3. The van der Waals surface area contributed by atoms with Gasteiger partial charge in [-0.25, -0.2) is 0 Å². The van der Waals surface area contributed by atoms with Crippen LogP contribution in [-0.2, 0) is 37.8 Å². The summed E-state index contributed by atoms with van der Waals surface area (Å²) < 4.78 is 7.44. The minimum atomic E-state index is -0.0371. The van der Waals surface area contributed by atoms with Crippen LogP contribution in [0.15, 0.2) is 22.8 Å². The molecular formula is C19H27N3O2. The van der Waals surface area contributed by atoms with Crippen molar-refractivity contribution in [3.8, 4) is 0 Å². The van der Waals surface area contributed by atoms with Crippen molar-refractivity contribution in [1.82, 2.24) is 14.7 Å². The Morgan fingerprint density at radius 3 is 2.79 bits per heavy atom. The SMILES string of the molecule is Cn1nc(CN(Cc2ccco2)C(=O)CC(C)(C)C)c2c1CCC2. The van der Waals surface area contributed by atoms with Crippen LogP contribution < -0.4 is 0 Å². The third kappa shape index (κ3) is 3.71. The molecule has 0 spiro atoms. The summed E-state index contributed by atoms with van der Waals surface area (Å²) in [5.74, 6) is 0.959. The third-order valence-electron chi connectivity index (χ3n) is 4.50. The molecule has 5 heteroatoms. The minimum absolute atomic E-state index is 0.0371. The van der Waals surface area contributed by atoms with Gasteiger partial charge in [0.1, 0.15) is 5.76 Å². The normalized spacial score (nSPS) is 14.0. The molecule has 2 aromatic heterocycles. The number of aryl methyl sites for hydroxylation is 1. The summed E-state index contributed by atoms with van der Waals surface area (Å²) in [5, 5.41) is 4.67. The zero-order valence-corrected chi connectivity index (χ0v) is 15.1. The van der Waals surface area contributed by atoms with Crippen molar-refractivity contribution in [2.45, 2.75) is 59.5 Å². The molecule has 0 aromatic carbocycles. The molecule has 1 amide bonds. The Hall–Kier alpha value is -2.04. The van der Waals surface area contributed by atoms with Gasteiger partial charge in [-0.3, -0.25) is 9.48 Å². The predicted octanol–water partition coefficient (Wildman–Crippen LogP) is 3.47. The van der Waals surface area contributed by atoms with Gasteiger partial charge in [-0.1, -0.05) is 20.8 Å². The molecule has 5 nitrogen and oxygen atoms in total. The number of carbonyl (C=O) groups excluding carboxylic acids is 1. The molecule has 3 rings (SSSR count). The van der Waals surface area contributed by atoms with E-state index in [-0.39, 0.29) is 11.3 Å². The van der Waals surface area contributed by atoms with Gasteiger partial charge in [-0.2, -0.15) is 5.10 Å². The Labute approximate surface area is 143 Å². The molecule has 0 fully saturated rings. The number of furan rings is 1. The number of amides is 1. The van der Waals surface area contributed by atoms with Gasteiger partial charge in [-0.15, -0.1) is 0 Å². The van der Waals surface area contributed by atoms with Crippen LogP contribution in [0.2, 0.25) is 0 Å². The average Bonchev–Trinajstić information content (AvgIpc) is 3.18. The molecule has 1 aliphatic carbocycles. The van der Waals surface area contributed by atoms with Gasteiger partial charge in [0.15, 0.2) is 0 Å². The number of fused-ring (bicyclic) bond motifs is 1. The van der Waals surface area contributed by atoms with Gasteiger partial charge in [-0.05, 0) is 42.4 Å². The standard InChI is InChI=1S/C19H27N3O2/c1-19(2,3)11-18(23)22(12-14-7-6-10-24-14)13-16-15-8-5-9-17(15)21(4)20-16/h6-7,10H,5,8-9,11-13H2,1-4H3. The molecule has 0 saturated carbocycles. The van der Waals surface area contributed by atoms with E-state index >= 15 is 0 Å². The highest BCUT2D eigenvalue weighted by Gasteiger charge is 2.26. The Balaban J connectivity index is 1.82. The van der Waals surface area contributed by atoms with E-state index in [1.807, 2.05) is 28.8 Å². The molecule has 130 valence electrons. The molecule has 0 N–H and O–H groups in total. The topological polar surface area (TPSA) is 51.3 Å². The lowest BCUT2D eigenvalue weighted by atomic mass is 9.91. The monoisotopic (exact) mass is 329 g/mol. The summed E-state index contributed by atoms with van der Waals surface area (Å²) in [6.07, 6.45) is 5.51. The van der Waals surface area contributed by atoms with Crippen LogP contribution >= 0.6 is 0 Å². The second-order valence-corrected chi connectivity index (χ2v) is 7.92. The number of carbonyl (C=O) groups is 1. The Morgan fingerprint density at radius 1 is 1.33 bits per heavy atom. The minimum Gasteiger partial charge on any atom is -0.467 e. The average molecular weight is 329 g/mol. The maximum absolute atomic E-state index is 12.8. The lowest BCUT2D eigenvalue weighted by molar-refractivity contribution is -0.134. The highest BCUT2D eigenvalue weighted by atomic mass is 16.3. The smallest absolute Gasteiger partial charge is 0.223 e. The summed E-state index contributed by atoms with van der Waals surface area (Å²) in [4.78, 5) is 14.7. The lowest BCUT2D eigenvalue weighted by Crippen LogP contribution is -2.33. The first-order chi connectivity index (χ1) is 11.3. The first kappa shape index (κ1) is 16.8. The molecule has 0 atom stereocenters. The summed E-state index contributed by atoms with van der Waals surface area (Å²) in [5.41, 5.74) is 3.67. The summed E-state index contributed by atoms with van der Waals surface area (Å²) >= 11 is 0. The number of nitrogens with zero attached hydrogens (tertiary/aromatic N) is 3. The van der Waals surface area contributed by atoms with Crippen molar-refractivity contribution in [1.29, 1.82) is 0 Å². The third-order valence-corrected chi connectivity index (χ3v) is 4.50. The maximum Gasteiger partial charge on any atom is 0.223 e. The van der Waals surface area contributed by atoms with Crippen molar-refractivity contribution < 1.29 is 9.21 Å². The summed E-state index contributed by atoms with van der Waals surface area (Å²) in [6.45, 7) is 7.32. The first-order valence-electron chi connectivity index (χ1n) is 8.67. The molecule has 0 aliphatic heterocycles. The fraction of sp³-hybridized carbons (Fsp3) is 0.579. The summed E-state index contributed by atoms with van der Waals surface area (Å²) in [6, 6.07) is 3.78. The van der Waals surface area contributed by atoms with E-state index in [9.17, 15) is 4.79 Å². The van der Waals surface area contributed by atoms with Crippen LogP contribution in [0, 0.1) is 5.41 Å². The summed E-state index contributed by atoms with van der Waals surface area (Å²) in [7, 11) is 2.00. The maximum atomic E-state index is 12.8. The van der Waals surface area contributed by atoms with Gasteiger partial charge < -0.3 is 9.32 Å². The van der Waals surface area contributed by atoms with Crippen molar-refractivity contribution in [3.63, 3.8) is 0 Å². The van der Waals surface area contributed by atoms with Gasteiger partial charge in [0.25, 0.3) is 0 Å². The van der Waals surface area contributed by atoms with Crippen LogP contribution in [0.5, 0.6) is 0 Å². The van der Waals surface area contributed by atoms with E-state index in [0.29, 0.717) is 19.5 Å². The van der Waals surface area contributed by atoms with Gasteiger partial charge in [0.05, 0.1) is 25.0 Å². The van der Waals surface area contributed by atoms with Crippen LogP contribution in [0.3, 0.4) is 0 Å². The Bertz CT molecular complexity index is 708. The molecule has 2 heterocycles. The van der Waals surface area contributed by atoms with E-state index in [2.05, 4.69) is 25.9 Å². The highest BCUT2D eigenvalue weighted by molar-refractivity contribution is 5.76. The second kappa shape index (κ2) is 6.46. The van der Waals surface area contributed by atoms with E-state index in [1.165, 1.54) is 17.7 Å². The molecule has 0 saturated heterocycles. The zero-order valence-electron chi connectivity index (χ0n) is 15.1. The van der Waals surface area contributed by atoms with Crippen molar-refractivity contribution in [2.75, 3.05) is 0 Å². The van der Waals surface area contributed by atoms with Crippen molar-refractivity contribution in [2.24, 2.45) is 12.5 Å². The lowest BCUT2D eigenvalue weighted by Gasteiger charge is -2.26. The molecule has 2 aromatic rings. The number of rotatable bonds is 5. The van der Waals surface area contributed by atoms with Crippen LogP contribution in [0.4, 0.5) is 0 Å². The quantitative estimate of drug-likeness (QED) is 0.844. The molecular weight excluding hydrogens is 302 g/mol. The van der Waals surface area contributed by atoms with Crippen LogP contribution in [-0.4, -0.2) is 20.6 Å². The second-order valence-electron chi connectivity index (χ2n) is 7.92. The Kier molecular flexibility index (Phi) is 4.52. The van der Waals surface area contributed by atoms with Gasteiger partial charge >= 0.3 is 0 Å². The van der Waals surface area contributed by atoms with Crippen LogP contribution in [0.25, 0.3) is 0 Å². The Morgan fingerprint density at radius 2 is 2.12 bits per heavy atom. The van der Waals surface area contributed by atoms with E-state index < -0.39 is 0 Å².